The van der Waals surface area contributed by atoms with Crippen LogP contribution in [0.2, 0.25) is 10.0 Å². The number of hydrogen-bond donors (Lipinski definition) is 2. The zero-order valence-corrected chi connectivity index (χ0v) is 15.6. The predicted molar refractivity (Wildman–Crippen MR) is 106 cm³/mol. The zero-order valence-electron chi connectivity index (χ0n) is 14.1. The number of pyridine rings is 1. The van der Waals surface area contributed by atoms with E-state index in [-0.39, 0.29) is 11.8 Å². The number of rotatable bonds is 5. The fourth-order valence-corrected chi connectivity index (χ4v) is 2.73. The summed E-state index contributed by atoms with van der Waals surface area (Å²) >= 11 is 12.0. The highest BCUT2D eigenvalue weighted by Crippen LogP contribution is 2.22. The maximum absolute atomic E-state index is 12.3. The number of carbonyl (C=O) groups is 2. The van der Waals surface area contributed by atoms with Crippen LogP contribution in [-0.4, -0.2) is 16.8 Å². The fraction of sp³-hybridized carbons (Fsp3) is 0.0500. The summed E-state index contributed by atoms with van der Waals surface area (Å²) in [5.74, 6) is -0.545. The first-order valence-corrected chi connectivity index (χ1v) is 8.82. The van der Waals surface area contributed by atoms with Gasteiger partial charge in [0.1, 0.15) is 0 Å². The Morgan fingerprint density at radius 2 is 1.74 bits per heavy atom. The standard InChI is InChI=1S/C20H15Cl2N3O2/c21-15-5-8-18(22)17(10-15)20(27)25-16-6-3-13(4-7-16)11-24-19(26)14-2-1-9-23-12-14/h1-10,12H,11H2,(H,24,26)(H,25,27). The fourth-order valence-electron chi connectivity index (χ4n) is 2.36. The van der Waals surface area contributed by atoms with E-state index in [1.807, 2.05) is 12.1 Å². The summed E-state index contributed by atoms with van der Waals surface area (Å²) in [6.45, 7) is 0.363. The SMILES string of the molecule is O=C(NCc1ccc(NC(=O)c2cc(Cl)ccc2Cl)cc1)c1cccnc1. The van der Waals surface area contributed by atoms with Crippen LogP contribution in [0, 0.1) is 0 Å². The van der Waals surface area contributed by atoms with E-state index in [9.17, 15) is 9.59 Å². The van der Waals surface area contributed by atoms with Crippen molar-refractivity contribution in [1.82, 2.24) is 10.3 Å². The molecule has 1 heterocycles. The van der Waals surface area contributed by atoms with Crippen LogP contribution in [0.3, 0.4) is 0 Å². The molecule has 136 valence electrons. The van der Waals surface area contributed by atoms with Crippen molar-refractivity contribution in [3.05, 3.63) is 93.7 Å². The van der Waals surface area contributed by atoms with Gasteiger partial charge in [-0.2, -0.15) is 0 Å². The van der Waals surface area contributed by atoms with Crippen LogP contribution in [0.5, 0.6) is 0 Å². The average molecular weight is 400 g/mol. The molecule has 0 radical (unpaired) electrons. The highest BCUT2D eigenvalue weighted by Gasteiger charge is 2.11. The quantitative estimate of drug-likeness (QED) is 0.659. The van der Waals surface area contributed by atoms with Crippen LogP contribution in [0.4, 0.5) is 5.69 Å². The predicted octanol–water partition coefficient (Wildman–Crippen LogP) is 4.57. The number of nitrogens with one attached hydrogen (secondary N) is 2. The number of nitrogens with zero attached hydrogens (tertiary/aromatic N) is 1. The minimum absolute atomic E-state index is 0.198. The summed E-state index contributed by atoms with van der Waals surface area (Å²) in [6.07, 6.45) is 3.12. The van der Waals surface area contributed by atoms with Gasteiger partial charge in [0.15, 0.2) is 0 Å². The molecule has 0 fully saturated rings. The van der Waals surface area contributed by atoms with Crippen molar-refractivity contribution in [3.8, 4) is 0 Å². The molecular weight excluding hydrogens is 385 g/mol. The van der Waals surface area contributed by atoms with Gasteiger partial charge in [-0.25, -0.2) is 0 Å². The molecule has 3 rings (SSSR count). The third-order valence-electron chi connectivity index (χ3n) is 3.76. The highest BCUT2D eigenvalue weighted by atomic mass is 35.5. The maximum Gasteiger partial charge on any atom is 0.257 e. The van der Waals surface area contributed by atoms with Crippen molar-refractivity contribution in [3.63, 3.8) is 0 Å². The largest absolute Gasteiger partial charge is 0.348 e. The van der Waals surface area contributed by atoms with Gasteiger partial charge in [-0.1, -0.05) is 35.3 Å². The van der Waals surface area contributed by atoms with Crippen molar-refractivity contribution in [2.45, 2.75) is 6.54 Å². The van der Waals surface area contributed by atoms with Gasteiger partial charge < -0.3 is 10.6 Å². The lowest BCUT2D eigenvalue weighted by Gasteiger charge is -2.09. The lowest BCUT2D eigenvalue weighted by atomic mass is 10.1. The number of benzene rings is 2. The smallest absolute Gasteiger partial charge is 0.257 e. The van der Waals surface area contributed by atoms with E-state index >= 15 is 0 Å². The second-order valence-corrected chi connectivity index (χ2v) is 6.54. The Bertz CT molecular complexity index is 961. The van der Waals surface area contributed by atoms with E-state index in [0.717, 1.165) is 5.56 Å². The summed E-state index contributed by atoms with van der Waals surface area (Å²) in [5.41, 5.74) is 2.31. The zero-order chi connectivity index (χ0) is 19.2. The summed E-state index contributed by atoms with van der Waals surface area (Å²) in [4.78, 5) is 28.3. The molecule has 2 amide bonds. The molecule has 0 unspecified atom stereocenters. The first-order chi connectivity index (χ1) is 13.0. The number of aromatic nitrogens is 1. The molecule has 0 atom stereocenters. The van der Waals surface area contributed by atoms with Gasteiger partial charge in [-0.15, -0.1) is 0 Å². The van der Waals surface area contributed by atoms with Crippen LogP contribution in [0.15, 0.2) is 67.0 Å². The molecule has 0 spiro atoms. The minimum Gasteiger partial charge on any atom is -0.348 e. The van der Waals surface area contributed by atoms with Crippen LogP contribution < -0.4 is 10.6 Å². The number of hydrogen-bond acceptors (Lipinski definition) is 3. The molecule has 27 heavy (non-hydrogen) atoms. The van der Waals surface area contributed by atoms with Gasteiger partial charge in [0, 0.05) is 29.6 Å². The van der Waals surface area contributed by atoms with E-state index in [1.165, 1.54) is 12.3 Å². The summed E-state index contributed by atoms with van der Waals surface area (Å²) in [6, 6.07) is 15.3. The Hall–Kier alpha value is -2.89. The van der Waals surface area contributed by atoms with Gasteiger partial charge in [-0.05, 0) is 48.0 Å². The van der Waals surface area contributed by atoms with Gasteiger partial charge in [0.2, 0.25) is 0 Å². The van der Waals surface area contributed by atoms with Crippen molar-refractivity contribution in [2.75, 3.05) is 5.32 Å². The molecule has 0 saturated carbocycles. The van der Waals surface area contributed by atoms with Gasteiger partial charge in [-0.3, -0.25) is 14.6 Å². The van der Waals surface area contributed by atoms with E-state index < -0.39 is 0 Å². The van der Waals surface area contributed by atoms with Crippen LogP contribution in [0.1, 0.15) is 26.3 Å². The lowest BCUT2D eigenvalue weighted by Crippen LogP contribution is -2.22. The molecular formula is C20H15Cl2N3O2. The maximum atomic E-state index is 12.3. The lowest BCUT2D eigenvalue weighted by molar-refractivity contribution is 0.0949. The second-order valence-electron chi connectivity index (χ2n) is 5.70. The molecule has 0 aliphatic carbocycles. The number of anilines is 1. The molecule has 0 bridgehead atoms. The van der Waals surface area contributed by atoms with Crippen molar-refractivity contribution >= 4 is 40.7 Å². The third kappa shape index (κ3) is 5.06. The van der Waals surface area contributed by atoms with Gasteiger partial charge >= 0.3 is 0 Å². The molecule has 2 N–H and O–H groups in total. The second kappa shape index (κ2) is 8.66. The monoisotopic (exact) mass is 399 g/mol. The molecule has 7 heteroatoms. The van der Waals surface area contributed by atoms with E-state index in [1.54, 1.807) is 42.6 Å². The normalized spacial score (nSPS) is 10.3. The molecule has 2 aromatic carbocycles. The van der Waals surface area contributed by atoms with Crippen LogP contribution >= 0.6 is 23.2 Å². The highest BCUT2D eigenvalue weighted by molar-refractivity contribution is 6.36. The van der Waals surface area contributed by atoms with E-state index in [2.05, 4.69) is 15.6 Å². The third-order valence-corrected chi connectivity index (χ3v) is 4.33. The topological polar surface area (TPSA) is 71.1 Å². The van der Waals surface area contributed by atoms with Crippen LogP contribution in [0.25, 0.3) is 0 Å². The van der Waals surface area contributed by atoms with Crippen molar-refractivity contribution < 1.29 is 9.59 Å². The summed E-state index contributed by atoms with van der Waals surface area (Å²) in [7, 11) is 0. The summed E-state index contributed by atoms with van der Waals surface area (Å²) < 4.78 is 0. The van der Waals surface area contributed by atoms with Crippen molar-refractivity contribution in [1.29, 1.82) is 0 Å². The minimum atomic E-state index is -0.347. The van der Waals surface area contributed by atoms with Crippen molar-refractivity contribution in [2.24, 2.45) is 0 Å². The number of amides is 2. The molecule has 3 aromatic rings. The molecule has 0 aliphatic rings. The molecule has 5 nitrogen and oxygen atoms in total. The Morgan fingerprint density at radius 3 is 2.44 bits per heavy atom. The molecule has 0 saturated heterocycles. The van der Waals surface area contributed by atoms with E-state index in [0.29, 0.717) is 33.4 Å². The number of halogens is 2. The molecule has 1 aromatic heterocycles. The van der Waals surface area contributed by atoms with Crippen LogP contribution in [-0.2, 0) is 6.54 Å². The number of carbonyl (C=O) groups excluding carboxylic acids is 2. The van der Waals surface area contributed by atoms with Gasteiger partial charge in [0.25, 0.3) is 11.8 Å². The first kappa shape index (κ1) is 18.9. The average Bonchev–Trinajstić information content (AvgIpc) is 2.69. The first-order valence-electron chi connectivity index (χ1n) is 8.06. The Kier molecular flexibility index (Phi) is 6.06. The van der Waals surface area contributed by atoms with Gasteiger partial charge in [0.05, 0.1) is 16.1 Å². The Labute approximate surface area is 166 Å². The molecule has 0 aliphatic heterocycles. The van der Waals surface area contributed by atoms with E-state index in [4.69, 9.17) is 23.2 Å². The summed E-state index contributed by atoms with van der Waals surface area (Å²) in [5, 5.41) is 6.34. The Morgan fingerprint density at radius 1 is 0.963 bits per heavy atom. The Balaban J connectivity index is 1.59.